The fourth-order valence-corrected chi connectivity index (χ4v) is 2.85. The van der Waals surface area contributed by atoms with Crippen molar-refractivity contribution in [1.82, 2.24) is 5.16 Å². The van der Waals surface area contributed by atoms with Gasteiger partial charge in [0.2, 0.25) is 5.76 Å². The zero-order valence-corrected chi connectivity index (χ0v) is 8.42. The molecule has 1 aliphatic rings. The summed E-state index contributed by atoms with van der Waals surface area (Å²) in [5, 5.41) is 12.4. The molecule has 0 amide bonds. The number of carboxylic acid groups (broad SMARTS) is 1. The molecule has 1 aromatic rings. The Morgan fingerprint density at radius 1 is 1.71 bits per heavy atom. The molecule has 1 N–H and O–H groups in total. The van der Waals surface area contributed by atoms with Crippen LogP contribution in [0.1, 0.15) is 34.9 Å². The van der Waals surface area contributed by atoms with Gasteiger partial charge in [0.15, 0.2) is 0 Å². The summed E-state index contributed by atoms with van der Waals surface area (Å²) in [6.45, 7) is 0. The zero-order chi connectivity index (χ0) is 9.97. The van der Waals surface area contributed by atoms with Crippen molar-refractivity contribution in [1.29, 1.82) is 0 Å². The molecule has 0 saturated carbocycles. The van der Waals surface area contributed by atoms with Gasteiger partial charge in [0, 0.05) is 11.3 Å². The maximum Gasteiger partial charge on any atom is 0.375 e. The minimum absolute atomic E-state index is 0.0116. The lowest BCUT2D eigenvalue weighted by Gasteiger charge is -2.19. The van der Waals surface area contributed by atoms with E-state index in [1.165, 1.54) is 5.75 Å². The normalized spacial score (nSPS) is 22.1. The molecule has 1 saturated heterocycles. The molecule has 76 valence electrons. The van der Waals surface area contributed by atoms with Crippen molar-refractivity contribution < 1.29 is 14.4 Å². The number of hydrogen-bond acceptors (Lipinski definition) is 4. The van der Waals surface area contributed by atoms with Crippen molar-refractivity contribution in [3.8, 4) is 0 Å². The Kier molecular flexibility index (Phi) is 2.77. The Bertz CT molecular complexity index is 331. The summed E-state index contributed by atoms with van der Waals surface area (Å²) in [7, 11) is 0. The second-order valence-corrected chi connectivity index (χ2v) is 4.48. The molecule has 0 aromatic carbocycles. The summed E-state index contributed by atoms with van der Waals surface area (Å²) in [5.41, 5.74) is 0.754. The van der Waals surface area contributed by atoms with E-state index in [4.69, 9.17) is 9.63 Å². The molecular weight excluding hydrogens is 202 g/mol. The second kappa shape index (κ2) is 4.04. The number of aromatic nitrogens is 1. The van der Waals surface area contributed by atoms with Crippen molar-refractivity contribution in [2.24, 2.45) is 0 Å². The van der Waals surface area contributed by atoms with E-state index in [2.05, 4.69) is 5.16 Å². The number of carboxylic acids is 1. The van der Waals surface area contributed by atoms with Gasteiger partial charge in [-0.05, 0) is 24.5 Å². The topological polar surface area (TPSA) is 63.3 Å². The molecular formula is C9H11NO3S. The molecule has 1 aromatic heterocycles. The van der Waals surface area contributed by atoms with Crippen molar-refractivity contribution in [3.63, 3.8) is 0 Å². The molecule has 0 spiro atoms. The van der Waals surface area contributed by atoms with Crippen LogP contribution < -0.4 is 0 Å². The number of aromatic carboxylic acids is 1. The third-order valence-electron chi connectivity index (χ3n) is 2.39. The molecule has 1 aliphatic heterocycles. The lowest BCUT2D eigenvalue weighted by Crippen LogP contribution is -2.11. The molecule has 1 fully saturated rings. The van der Waals surface area contributed by atoms with E-state index >= 15 is 0 Å². The van der Waals surface area contributed by atoms with E-state index in [9.17, 15) is 4.79 Å². The summed E-state index contributed by atoms with van der Waals surface area (Å²) in [6.07, 6.45) is 3.72. The molecule has 0 aliphatic carbocycles. The summed E-state index contributed by atoms with van der Waals surface area (Å²) in [4.78, 5) is 10.8. The zero-order valence-electron chi connectivity index (χ0n) is 7.60. The van der Waals surface area contributed by atoms with Gasteiger partial charge in [0.1, 0.15) is 0 Å². The summed E-state index contributed by atoms with van der Waals surface area (Å²) in [5.74, 6) is 1.43. The van der Waals surface area contributed by atoms with Gasteiger partial charge in [-0.2, -0.15) is 11.8 Å². The number of thioether (sulfide) groups is 1. The standard InChI is InChI=1S/C9H11NO3S/c11-9(12)8-7(4-10-13-8)6-2-1-3-14-5-6/h4,6H,1-3,5H2,(H,11,12). The first-order valence-electron chi connectivity index (χ1n) is 4.54. The lowest BCUT2D eigenvalue weighted by atomic mass is 9.97. The van der Waals surface area contributed by atoms with Crippen LogP contribution >= 0.6 is 11.8 Å². The van der Waals surface area contributed by atoms with E-state index in [0.29, 0.717) is 5.92 Å². The molecule has 4 nitrogen and oxygen atoms in total. The average Bonchev–Trinajstić information content (AvgIpc) is 2.67. The van der Waals surface area contributed by atoms with E-state index in [1.807, 2.05) is 11.8 Å². The van der Waals surface area contributed by atoms with Crippen molar-refractivity contribution in [2.75, 3.05) is 11.5 Å². The maximum absolute atomic E-state index is 10.8. The SMILES string of the molecule is O=C(O)c1oncc1C1CCCSC1. The summed E-state index contributed by atoms with van der Waals surface area (Å²) < 4.78 is 4.72. The highest BCUT2D eigenvalue weighted by Gasteiger charge is 2.25. The van der Waals surface area contributed by atoms with Crippen LogP contribution in [-0.2, 0) is 0 Å². The van der Waals surface area contributed by atoms with Crippen LogP contribution in [0.3, 0.4) is 0 Å². The fourth-order valence-electron chi connectivity index (χ4n) is 1.69. The van der Waals surface area contributed by atoms with Crippen LogP contribution in [0, 0.1) is 0 Å². The van der Waals surface area contributed by atoms with E-state index < -0.39 is 5.97 Å². The van der Waals surface area contributed by atoms with Gasteiger partial charge in [-0.3, -0.25) is 0 Å². The predicted molar refractivity (Wildman–Crippen MR) is 52.8 cm³/mol. The number of nitrogens with zero attached hydrogens (tertiary/aromatic N) is 1. The first kappa shape index (κ1) is 9.58. The molecule has 14 heavy (non-hydrogen) atoms. The van der Waals surface area contributed by atoms with Crippen molar-refractivity contribution >= 4 is 17.7 Å². The largest absolute Gasteiger partial charge is 0.475 e. The van der Waals surface area contributed by atoms with Crippen LogP contribution in [0.5, 0.6) is 0 Å². The van der Waals surface area contributed by atoms with Gasteiger partial charge in [-0.25, -0.2) is 4.79 Å². The minimum atomic E-state index is -1.02. The summed E-state index contributed by atoms with van der Waals surface area (Å²) >= 11 is 1.86. The smallest absolute Gasteiger partial charge is 0.375 e. The van der Waals surface area contributed by atoms with Crippen LogP contribution in [0.25, 0.3) is 0 Å². The first-order chi connectivity index (χ1) is 6.79. The van der Waals surface area contributed by atoms with Gasteiger partial charge >= 0.3 is 5.97 Å². The Morgan fingerprint density at radius 3 is 3.21 bits per heavy atom. The molecule has 1 atom stereocenters. The Hall–Kier alpha value is -0.970. The number of carbonyl (C=O) groups is 1. The predicted octanol–water partition coefficient (Wildman–Crippen LogP) is 1.98. The molecule has 0 radical (unpaired) electrons. The third kappa shape index (κ3) is 1.77. The first-order valence-corrected chi connectivity index (χ1v) is 5.70. The van der Waals surface area contributed by atoms with Crippen LogP contribution in [0.2, 0.25) is 0 Å². The number of rotatable bonds is 2. The van der Waals surface area contributed by atoms with Gasteiger partial charge in [-0.15, -0.1) is 0 Å². The quantitative estimate of drug-likeness (QED) is 0.813. The van der Waals surface area contributed by atoms with Crippen molar-refractivity contribution in [3.05, 3.63) is 17.5 Å². The van der Waals surface area contributed by atoms with Gasteiger partial charge < -0.3 is 9.63 Å². The average molecular weight is 213 g/mol. The van der Waals surface area contributed by atoms with E-state index in [0.717, 1.165) is 24.2 Å². The fraction of sp³-hybridized carbons (Fsp3) is 0.556. The van der Waals surface area contributed by atoms with Crippen LogP contribution in [-0.4, -0.2) is 27.7 Å². The van der Waals surface area contributed by atoms with Crippen LogP contribution in [0.15, 0.2) is 10.7 Å². The maximum atomic E-state index is 10.8. The lowest BCUT2D eigenvalue weighted by molar-refractivity contribution is 0.0649. The van der Waals surface area contributed by atoms with Gasteiger partial charge in [0.05, 0.1) is 6.20 Å². The molecule has 1 unspecified atom stereocenters. The van der Waals surface area contributed by atoms with Crippen molar-refractivity contribution in [2.45, 2.75) is 18.8 Å². The third-order valence-corrected chi connectivity index (χ3v) is 3.61. The Labute approximate surface area is 85.7 Å². The molecule has 2 heterocycles. The highest BCUT2D eigenvalue weighted by molar-refractivity contribution is 7.99. The molecule has 2 rings (SSSR count). The Morgan fingerprint density at radius 2 is 2.57 bits per heavy atom. The highest BCUT2D eigenvalue weighted by Crippen LogP contribution is 2.32. The molecule has 5 heteroatoms. The second-order valence-electron chi connectivity index (χ2n) is 3.33. The number of hydrogen-bond donors (Lipinski definition) is 1. The van der Waals surface area contributed by atoms with Gasteiger partial charge in [0.25, 0.3) is 0 Å². The van der Waals surface area contributed by atoms with E-state index in [-0.39, 0.29) is 5.76 Å². The monoisotopic (exact) mass is 213 g/mol. The van der Waals surface area contributed by atoms with Gasteiger partial charge in [-0.1, -0.05) is 5.16 Å². The Balaban J connectivity index is 2.21. The van der Waals surface area contributed by atoms with Crippen LogP contribution in [0.4, 0.5) is 0 Å². The minimum Gasteiger partial charge on any atom is -0.475 e. The highest BCUT2D eigenvalue weighted by atomic mass is 32.2. The summed E-state index contributed by atoms with van der Waals surface area (Å²) in [6, 6.07) is 0. The van der Waals surface area contributed by atoms with E-state index in [1.54, 1.807) is 6.20 Å². The molecule has 0 bridgehead atoms.